The van der Waals surface area contributed by atoms with Gasteiger partial charge in [0.2, 0.25) is 5.91 Å². The monoisotopic (exact) mass is 370 g/mol. The van der Waals surface area contributed by atoms with E-state index in [0.29, 0.717) is 32.8 Å². The number of anilines is 1. The van der Waals surface area contributed by atoms with Gasteiger partial charge in [0.05, 0.1) is 18.1 Å². The number of piperazine rings is 1. The van der Waals surface area contributed by atoms with Crippen LogP contribution in [0.25, 0.3) is 0 Å². The van der Waals surface area contributed by atoms with Gasteiger partial charge >= 0.3 is 6.09 Å². The number of halogens is 1. The largest absolute Gasteiger partial charge is 0.450 e. The number of ether oxygens (including phenoxy) is 1. The number of nitrogens with zero attached hydrogens (tertiary/aromatic N) is 3. The van der Waals surface area contributed by atoms with Crippen LogP contribution >= 0.6 is 11.6 Å². The summed E-state index contributed by atoms with van der Waals surface area (Å²) in [4.78, 5) is 37.7. The summed E-state index contributed by atoms with van der Waals surface area (Å²) in [6.07, 6.45) is -0.358. The van der Waals surface area contributed by atoms with Crippen molar-refractivity contribution in [2.75, 3.05) is 44.6 Å². The van der Waals surface area contributed by atoms with E-state index in [1.807, 2.05) is 4.90 Å². The van der Waals surface area contributed by atoms with Crippen molar-refractivity contribution in [1.29, 1.82) is 0 Å². The van der Waals surface area contributed by atoms with Gasteiger partial charge in [0.25, 0.3) is 5.69 Å². The molecule has 25 heavy (non-hydrogen) atoms. The lowest BCUT2D eigenvalue weighted by Gasteiger charge is -2.33. The zero-order valence-corrected chi connectivity index (χ0v) is 14.5. The van der Waals surface area contributed by atoms with Crippen molar-refractivity contribution < 1.29 is 19.2 Å². The molecule has 0 spiro atoms. The fourth-order valence-corrected chi connectivity index (χ4v) is 2.62. The third kappa shape index (κ3) is 5.30. The molecule has 2 amide bonds. The number of carbonyl (C=O) groups excluding carboxylic acids is 2. The summed E-state index contributed by atoms with van der Waals surface area (Å²) in [5.74, 6) is -0.366. The highest BCUT2D eigenvalue weighted by molar-refractivity contribution is 6.31. The van der Waals surface area contributed by atoms with E-state index in [0.717, 1.165) is 0 Å². The van der Waals surface area contributed by atoms with Gasteiger partial charge < -0.3 is 15.0 Å². The van der Waals surface area contributed by atoms with E-state index in [1.54, 1.807) is 11.8 Å². The number of benzene rings is 1. The fraction of sp³-hybridized carbons (Fsp3) is 0.467. The van der Waals surface area contributed by atoms with Crippen LogP contribution in [0.15, 0.2) is 18.2 Å². The van der Waals surface area contributed by atoms with E-state index in [1.165, 1.54) is 18.2 Å². The Kier molecular flexibility index (Phi) is 6.54. The number of rotatable bonds is 5. The van der Waals surface area contributed by atoms with Crippen LogP contribution in [-0.2, 0) is 9.53 Å². The SMILES string of the molecule is CCOC(=O)N1CCN(CC(=O)Nc2ccc(Cl)cc2[N+](=O)[O-])CC1. The molecule has 0 aromatic heterocycles. The zero-order chi connectivity index (χ0) is 18.4. The van der Waals surface area contributed by atoms with Crippen molar-refractivity contribution in [1.82, 2.24) is 9.80 Å². The summed E-state index contributed by atoms with van der Waals surface area (Å²) in [6, 6.07) is 4.06. The van der Waals surface area contributed by atoms with Crippen molar-refractivity contribution in [2.45, 2.75) is 6.92 Å². The molecule has 0 saturated carbocycles. The van der Waals surface area contributed by atoms with Gasteiger partial charge in [0.1, 0.15) is 5.69 Å². The maximum Gasteiger partial charge on any atom is 0.409 e. The first-order valence-electron chi connectivity index (χ1n) is 7.78. The number of hydrogen-bond acceptors (Lipinski definition) is 6. The lowest BCUT2D eigenvalue weighted by atomic mass is 10.2. The normalized spacial score (nSPS) is 14.9. The molecule has 1 aromatic carbocycles. The summed E-state index contributed by atoms with van der Waals surface area (Å²) in [7, 11) is 0. The van der Waals surface area contributed by atoms with Crippen LogP contribution in [0.4, 0.5) is 16.2 Å². The molecular weight excluding hydrogens is 352 g/mol. The predicted octanol–water partition coefficient (Wildman–Crippen LogP) is 1.96. The summed E-state index contributed by atoms with van der Waals surface area (Å²) in [5, 5.41) is 13.8. The van der Waals surface area contributed by atoms with Gasteiger partial charge in [-0.15, -0.1) is 0 Å². The number of carbonyl (C=O) groups is 2. The Morgan fingerprint density at radius 3 is 2.60 bits per heavy atom. The maximum atomic E-state index is 12.1. The third-order valence-corrected chi connectivity index (χ3v) is 3.93. The highest BCUT2D eigenvalue weighted by Gasteiger charge is 2.24. The maximum absolute atomic E-state index is 12.1. The topological polar surface area (TPSA) is 105 Å². The molecule has 2 rings (SSSR count). The molecule has 1 saturated heterocycles. The minimum atomic E-state index is -0.598. The second-order valence-corrected chi connectivity index (χ2v) is 5.87. The number of nitro benzene ring substituents is 1. The van der Waals surface area contributed by atoms with Gasteiger partial charge in [-0.1, -0.05) is 11.6 Å². The van der Waals surface area contributed by atoms with E-state index < -0.39 is 4.92 Å². The summed E-state index contributed by atoms with van der Waals surface area (Å²) >= 11 is 5.75. The molecule has 1 aromatic rings. The second-order valence-electron chi connectivity index (χ2n) is 5.43. The Hall–Kier alpha value is -2.39. The molecular formula is C15H19ClN4O5. The first-order chi connectivity index (χ1) is 11.9. The molecule has 1 aliphatic rings. The molecule has 136 valence electrons. The van der Waals surface area contributed by atoms with Crippen LogP contribution in [0, 0.1) is 10.1 Å². The van der Waals surface area contributed by atoms with Crippen molar-refractivity contribution in [3.05, 3.63) is 33.3 Å². The average molecular weight is 371 g/mol. The van der Waals surface area contributed by atoms with Crippen molar-refractivity contribution in [3.63, 3.8) is 0 Å². The smallest absolute Gasteiger partial charge is 0.409 e. The lowest BCUT2D eigenvalue weighted by Crippen LogP contribution is -2.50. The van der Waals surface area contributed by atoms with Gasteiger partial charge in [0, 0.05) is 37.3 Å². The van der Waals surface area contributed by atoms with Crippen LogP contribution in [0.2, 0.25) is 5.02 Å². The van der Waals surface area contributed by atoms with Crippen LogP contribution in [0.1, 0.15) is 6.92 Å². The molecule has 1 heterocycles. The van der Waals surface area contributed by atoms with Gasteiger partial charge in [-0.2, -0.15) is 0 Å². The van der Waals surface area contributed by atoms with Gasteiger partial charge in [-0.3, -0.25) is 19.8 Å². The van der Waals surface area contributed by atoms with Gasteiger partial charge in [-0.05, 0) is 19.1 Å². The zero-order valence-electron chi connectivity index (χ0n) is 13.7. The second kappa shape index (κ2) is 8.63. The highest BCUT2D eigenvalue weighted by atomic mass is 35.5. The molecule has 0 unspecified atom stereocenters. The van der Waals surface area contributed by atoms with Crippen LogP contribution in [0.5, 0.6) is 0 Å². The Labute approximate surface area is 149 Å². The molecule has 1 aliphatic heterocycles. The first kappa shape index (κ1) is 18.9. The molecule has 0 bridgehead atoms. The van der Waals surface area contributed by atoms with Crippen molar-refractivity contribution >= 4 is 35.0 Å². The number of hydrogen-bond donors (Lipinski definition) is 1. The van der Waals surface area contributed by atoms with E-state index in [2.05, 4.69) is 5.32 Å². The van der Waals surface area contributed by atoms with E-state index in [4.69, 9.17) is 16.3 Å². The van der Waals surface area contributed by atoms with Crippen molar-refractivity contribution in [2.24, 2.45) is 0 Å². The number of nitro groups is 1. The first-order valence-corrected chi connectivity index (χ1v) is 8.16. The average Bonchev–Trinajstić information content (AvgIpc) is 2.57. The standard InChI is InChI=1S/C15H19ClN4O5/c1-2-25-15(22)19-7-5-18(6-8-19)10-14(21)17-12-4-3-11(16)9-13(12)20(23)24/h3-4,9H,2,5-8,10H2,1H3,(H,17,21). The van der Waals surface area contributed by atoms with Crippen LogP contribution < -0.4 is 5.32 Å². The minimum absolute atomic E-state index is 0.0798. The Morgan fingerprint density at radius 2 is 2.00 bits per heavy atom. The van der Waals surface area contributed by atoms with E-state index >= 15 is 0 Å². The fourth-order valence-electron chi connectivity index (χ4n) is 2.46. The van der Waals surface area contributed by atoms with Crippen LogP contribution in [-0.4, -0.2) is 66.1 Å². The molecule has 10 heteroatoms. The number of amides is 2. The van der Waals surface area contributed by atoms with Crippen molar-refractivity contribution in [3.8, 4) is 0 Å². The molecule has 1 N–H and O–H groups in total. The van der Waals surface area contributed by atoms with Gasteiger partial charge in [-0.25, -0.2) is 4.79 Å². The Bertz CT molecular complexity index is 661. The Balaban J connectivity index is 1.88. The summed E-state index contributed by atoms with van der Waals surface area (Å²) in [6.45, 7) is 4.12. The molecule has 0 aliphatic carbocycles. The van der Waals surface area contributed by atoms with E-state index in [-0.39, 0.29) is 34.9 Å². The quantitative estimate of drug-likeness (QED) is 0.627. The number of nitrogens with one attached hydrogen (secondary N) is 1. The van der Waals surface area contributed by atoms with Gasteiger partial charge in [0.15, 0.2) is 0 Å². The lowest BCUT2D eigenvalue weighted by molar-refractivity contribution is -0.383. The highest BCUT2D eigenvalue weighted by Crippen LogP contribution is 2.27. The molecule has 9 nitrogen and oxygen atoms in total. The molecule has 1 fully saturated rings. The van der Waals surface area contributed by atoms with Crippen LogP contribution in [0.3, 0.4) is 0 Å². The molecule has 0 radical (unpaired) electrons. The predicted molar refractivity (Wildman–Crippen MR) is 91.8 cm³/mol. The van der Waals surface area contributed by atoms with E-state index in [9.17, 15) is 19.7 Å². The third-order valence-electron chi connectivity index (χ3n) is 3.70. The minimum Gasteiger partial charge on any atom is -0.450 e. The molecule has 0 atom stereocenters. The summed E-state index contributed by atoms with van der Waals surface area (Å²) < 4.78 is 4.94. The summed E-state index contributed by atoms with van der Waals surface area (Å²) in [5.41, 5.74) is -0.155. The Morgan fingerprint density at radius 1 is 1.32 bits per heavy atom.